The van der Waals surface area contributed by atoms with E-state index in [9.17, 15) is 4.79 Å². The summed E-state index contributed by atoms with van der Waals surface area (Å²) in [5, 5.41) is 14.5. The molecular weight excluding hydrogens is 366 g/mol. The molecule has 4 rings (SSSR count). The second-order valence-electron chi connectivity index (χ2n) is 6.44. The number of nitrogens with zero attached hydrogens (tertiary/aromatic N) is 3. The van der Waals surface area contributed by atoms with Crippen LogP contribution in [0.25, 0.3) is 11.3 Å². The fraction of sp³-hybridized carbons (Fsp3) is 0.0909. The molecule has 29 heavy (non-hydrogen) atoms. The summed E-state index contributed by atoms with van der Waals surface area (Å²) in [7, 11) is 0. The minimum Gasteiger partial charge on any atom is -0.465 e. The first kappa shape index (κ1) is 18.4. The summed E-state index contributed by atoms with van der Waals surface area (Å²) < 4.78 is 5.47. The van der Waals surface area contributed by atoms with Crippen molar-refractivity contribution in [3.8, 4) is 11.3 Å². The van der Waals surface area contributed by atoms with Crippen LogP contribution < -0.4 is 10.6 Å². The van der Waals surface area contributed by atoms with Gasteiger partial charge in [-0.05, 0) is 61.5 Å². The normalized spacial score (nSPS) is 10.5. The Hall–Kier alpha value is -4.00. The lowest BCUT2D eigenvalue weighted by Crippen LogP contribution is -2.22. The van der Waals surface area contributed by atoms with E-state index in [2.05, 4.69) is 25.8 Å². The van der Waals surface area contributed by atoms with Crippen LogP contribution in [-0.2, 0) is 6.54 Å². The van der Waals surface area contributed by atoms with Crippen molar-refractivity contribution in [3.05, 3.63) is 90.1 Å². The van der Waals surface area contributed by atoms with E-state index in [1.807, 2.05) is 55.5 Å². The number of carbonyl (C=O) groups is 1. The number of rotatable bonds is 6. The van der Waals surface area contributed by atoms with Gasteiger partial charge in [0, 0.05) is 29.2 Å². The van der Waals surface area contributed by atoms with Gasteiger partial charge in [-0.1, -0.05) is 6.07 Å². The highest BCUT2D eigenvalue weighted by Crippen LogP contribution is 2.19. The van der Waals surface area contributed by atoms with Gasteiger partial charge in [-0.15, -0.1) is 10.2 Å². The van der Waals surface area contributed by atoms with Crippen LogP contribution in [0.1, 0.15) is 21.9 Å². The van der Waals surface area contributed by atoms with Gasteiger partial charge < -0.3 is 15.1 Å². The zero-order valence-electron chi connectivity index (χ0n) is 15.8. The van der Waals surface area contributed by atoms with Crippen molar-refractivity contribution < 1.29 is 9.21 Å². The molecule has 0 aliphatic heterocycles. The van der Waals surface area contributed by atoms with E-state index in [0.717, 1.165) is 28.5 Å². The molecule has 144 valence electrons. The molecule has 7 heteroatoms. The number of aryl methyl sites for hydroxylation is 1. The molecule has 0 aliphatic rings. The Bertz CT molecular complexity index is 1110. The Kier molecular flexibility index (Phi) is 5.29. The molecule has 7 nitrogen and oxygen atoms in total. The van der Waals surface area contributed by atoms with Crippen molar-refractivity contribution in [1.82, 2.24) is 20.5 Å². The zero-order valence-corrected chi connectivity index (χ0v) is 15.8. The monoisotopic (exact) mass is 385 g/mol. The fourth-order valence-corrected chi connectivity index (χ4v) is 2.81. The van der Waals surface area contributed by atoms with Crippen molar-refractivity contribution >= 4 is 17.4 Å². The highest BCUT2D eigenvalue weighted by Gasteiger charge is 2.08. The second-order valence-corrected chi connectivity index (χ2v) is 6.44. The predicted molar refractivity (Wildman–Crippen MR) is 110 cm³/mol. The van der Waals surface area contributed by atoms with Crippen LogP contribution in [0.3, 0.4) is 0 Å². The van der Waals surface area contributed by atoms with E-state index in [0.29, 0.717) is 17.9 Å². The van der Waals surface area contributed by atoms with Crippen LogP contribution in [0.2, 0.25) is 0 Å². The third-order valence-corrected chi connectivity index (χ3v) is 4.26. The number of hydrogen-bond donors (Lipinski definition) is 2. The molecule has 0 unspecified atom stereocenters. The standard InChI is InChI=1S/C22H19N5O2/c1-15-5-6-19(29-15)14-24-22(28)17-3-2-4-18(13-17)25-21-8-7-20(26-27-21)16-9-11-23-12-10-16/h2-13H,14H2,1H3,(H,24,28)(H,25,27). The van der Waals surface area contributed by atoms with Crippen molar-refractivity contribution in [2.45, 2.75) is 13.5 Å². The molecule has 0 saturated heterocycles. The van der Waals surface area contributed by atoms with Gasteiger partial charge in [0.25, 0.3) is 5.91 Å². The minimum absolute atomic E-state index is 0.179. The first-order chi connectivity index (χ1) is 14.2. The molecular formula is C22H19N5O2. The van der Waals surface area contributed by atoms with Gasteiger partial charge in [0.2, 0.25) is 0 Å². The summed E-state index contributed by atoms with van der Waals surface area (Å²) in [6.07, 6.45) is 3.43. The first-order valence-electron chi connectivity index (χ1n) is 9.12. The lowest BCUT2D eigenvalue weighted by molar-refractivity contribution is 0.0948. The molecule has 1 aromatic carbocycles. The lowest BCUT2D eigenvalue weighted by Gasteiger charge is -2.08. The summed E-state index contributed by atoms with van der Waals surface area (Å²) in [6, 6.07) is 18.4. The Morgan fingerprint density at radius 2 is 1.86 bits per heavy atom. The zero-order chi connectivity index (χ0) is 20.1. The molecule has 4 aromatic rings. The number of aromatic nitrogens is 3. The van der Waals surface area contributed by atoms with Gasteiger partial charge in [0.05, 0.1) is 12.2 Å². The summed E-state index contributed by atoms with van der Waals surface area (Å²) in [5.74, 6) is 1.94. The maximum absolute atomic E-state index is 12.4. The van der Waals surface area contributed by atoms with Crippen LogP contribution in [-0.4, -0.2) is 21.1 Å². The molecule has 0 radical (unpaired) electrons. The summed E-state index contributed by atoms with van der Waals surface area (Å²) in [4.78, 5) is 16.4. The molecule has 0 spiro atoms. The number of carbonyl (C=O) groups excluding carboxylic acids is 1. The van der Waals surface area contributed by atoms with Gasteiger partial charge in [-0.2, -0.15) is 0 Å². The second kappa shape index (κ2) is 8.35. The van der Waals surface area contributed by atoms with Crippen LogP contribution in [0.4, 0.5) is 11.5 Å². The third kappa shape index (κ3) is 4.65. The van der Waals surface area contributed by atoms with E-state index < -0.39 is 0 Å². The SMILES string of the molecule is Cc1ccc(CNC(=O)c2cccc(Nc3ccc(-c4ccncc4)nn3)c2)o1. The highest BCUT2D eigenvalue weighted by atomic mass is 16.3. The van der Waals surface area contributed by atoms with Gasteiger partial charge in [0.1, 0.15) is 11.5 Å². The average molecular weight is 385 g/mol. The highest BCUT2D eigenvalue weighted by molar-refractivity contribution is 5.95. The van der Waals surface area contributed by atoms with Gasteiger partial charge in [0.15, 0.2) is 5.82 Å². The van der Waals surface area contributed by atoms with Crippen LogP contribution in [0.5, 0.6) is 0 Å². The number of pyridine rings is 1. The number of amides is 1. The molecule has 1 amide bonds. The van der Waals surface area contributed by atoms with Crippen LogP contribution >= 0.6 is 0 Å². The molecule has 2 N–H and O–H groups in total. The van der Waals surface area contributed by atoms with E-state index in [1.165, 1.54) is 0 Å². The van der Waals surface area contributed by atoms with Gasteiger partial charge in [-0.3, -0.25) is 9.78 Å². The van der Waals surface area contributed by atoms with E-state index in [1.54, 1.807) is 24.5 Å². The smallest absolute Gasteiger partial charge is 0.251 e. The van der Waals surface area contributed by atoms with Crippen molar-refractivity contribution in [1.29, 1.82) is 0 Å². The van der Waals surface area contributed by atoms with Crippen molar-refractivity contribution in [3.63, 3.8) is 0 Å². The number of anilines is 2. The topological polar surface area (TPSA) is 92.9 Å². The number of nitrogens with one attached hydrogen (secondary N) is 2. The number of hydrogen-bond acceptors (Lipinski definition) is 6. The summed E-state index contributed by atoms with van der Waals surface area (Å²) >= 11 is 0. The molecule has 0 fully saturated rings. The lowest BCUT2D eigenvalue weighted by atomic mass is 10.2. The Balaban J connectivity index is 1.41. The summed E-state index contributed by atoms with van der Waals surface area (Å²) in [6.45, 7) is 2.21. The minimum atomic E-state index is -0.179. The molecule has 0 bridgehead atoms. The van der Waals surface area contributed by atoms with Crippen molar-refractivity contribution in [2.75, 3.05) is 5.32 Å². The number of benzene rings is 1. The predicted octanol–water partition coefficient (Wildman–Crippen LogP) is 4.11. The number of furan rings is 1. The average Bonchev–Trinajstić information content (AvgIpc) is 3.18. The maximum atomic E-state index is 12.4. The van der Waals surface area contributed by atoms with E-state index >= 15 is 0 Å². The molecule has 3 aromatic heterocycles. The van der Waals surface area contributed by atoms with Crippen LogP contribution in [0, 0.1) is 6.92 Å². The first-order valence-corrected chi connectivity index (χ1v) is 9.12. The van der Waals surface area contributed by atoms with Gasteiger partial charge in [-0.25, -0.2) is 0 Å². The fourth-order valence-electron chi connectivity index (χ4n) is 2.81. The molecule has 0 aliphatic carbocycles. The third-order valence-electron chi connectivity index (χ3n) is 4.26. The maximum Gasteiger partial charge on any atom is 0.251 e. The molecule has 0 atom stereocenters. The Labute approximate surface area is 167 Å². The summed E-state index contributed by atoms with van der Waals surface area (Å²) in [5.41, 5.74) is 3.00. The van der Waals surface area contributed by atoms with Crippen LogP contribution in [0.15, 0.2) is 77.5 Å². The molecule has 3 heterocycles. The van der Waals surface area contributed by atoms with E-state index in [4.69, 9.17) is 4.42 Å². The quantitative estimate of drug-likeness (QED) is 0.519. The largest absolute Gasteiger partial charge is 0.465 e. The Morgan fingerprint density at radius 1 is 1.00 bits per heavy atom. The van der Waals surface area contributed by atoms with Gasteiger partial charge >= 0.3 is 0 Å². The van der Waals surface area contributed by atoms with E-state index in [-0.39, 0.29) is 5.91 Å². The van der Waals surface area contributed by atoms with Crippen molar-refractivity contribution in [2.24, 2.45) is 0 Å². The Morgan fingerprint density at radius 3 is 2.59 bits per heavy atom. The molecule has 0 saturated carbocycles.